The quantitative estimate of drug-likeness (QED) is 0.866. The van der Waals surface area contributed by atoms with Gasteiger partial charge in [0.05, 0.1) is 0 Å². The minimum absolute atomic E-state index is 0.133. The second-order valence-electron chi connectivity index (χ2n) is 6.36. The predicted octanol–water partition coefficient (Wildman–Crippen LogP) is 1.78. The maximum Gasteiger partial charge on any atom is 0.349 e. The van der Waals surface area contributed by atoms with Crippen LogP contribution < -0.4 is 5.32 Å². The highest BCUT2D eigenvalue weighted by Gasteiger charge is 2.40. The maximum atomic E-state index is 14.1. The summed E-state index contributed by atoms with van der Waals surface area (Å²) in [5, 5.41) is 2.39. The first kappa shape index (κ1) is 17.8. The molecular formula is C17H25F2N3O. The number of piperazine rings is 1. The zero-order valence-corrected chi connectivity index (χ0v) is 13.8. The third-order valence-corrected chi connectivity index (χ3v) is 4.20. The topological polar surface area (TPSA) is 35.6 Å². The molecule has 0 bridgehead atoms. The minimum atomic E-state index is -3.49. The van der Waals surface area contributed by atoms with Gasteiger partial charge in [-0.05, 0) is 13.0 Å². The molecule has 0 spiro atoms. The lowest BCUT2D eigenvalue weighted by molar-refractivity contribution is -0.147. The molecule has 1 fully saturated rings. The van der Waals surface area contributed by atoms with E-state index < -0.39 is 11.8 Å². The Hall–Kier alpha value is -1.53. The fourth-order valence-electron chi connectivity index (χ4n) is 2.69. The fourth-order valence-corrected chi connectivity index (χ4v) is 2.69. The van der Waals surface area contributed by atoms with Crippen molar-refractivity contribution in [3.63, 3.8) is 0 Å². The highest BCUT2D eigenvalue weighted by Crippen LogP contribution is 2.27. The first-order valence-corrected chi connectivity index (χ1v) is 8.02. The Labute approximate surface area is 136 Å². The van der Waals surface area contributed by atoms with Crippen molar-refractivity contribution in [1.82, 2.24) is 15.1 Å². The molecule has 1 aliphatic rings. The molecule has 23 heavy (non-hydrogen) atoms. The van der Waals surface area contributed by atoms with Gasteiger partial charge in [-0.15, -0.1) is 0 Å². The van der Waals surface area contributed by atoms with E-state index in [0.29, 0.717) is 0 Å². The van der Waals surface area contributed by atoms with E-state index in [2.05, 4.69) is 22.2 Å². The monoisotopic (exact) mass is 325 g/mol. The van der Waals surface area contributed by atoms with Crippen molar-refractivity contribution in [2.24, 2.45) is 5.92 Å². The van der Waals surface area contributed by atoms with Crippen LogP contribution in [0.5, 0.6) is 0 Å². The van der Waals surface area contributed by atoms with E-state index in [9.17, 15) is 13.6 Å². The fraction of sp³-hybridized carbons (Fsp3) is 0.588. The molecule has 128 valence electrons. The number of benzene rings is 1. The Balaban J connectivity index is 1.79. The summed E-state index contributed by atoms with van der Waals surface area (Å²) < 4.78 is 28.1. The summed E-state index contributed by atoms with van der Waals surface area (Å²) in [6.07, 6.45) is 0. The molecule has 1 amide bonds. The van der Waals surface area contributed by atoms with Crippen LogP contribution in [0.15, 0.2) is 30.3 Å². The molecular weight excluding hydrogens is 300 g/mol. The third kappa shape index (κ3) is 4.97. The summed E-state index contributed by atoms with van der Waals surface area (Å²) in [4.78, 5) is 16.4. The highest BCUT2D eigenvalue weighted by molar-refractivity contribution is 5.84. The van der Waals surface area contributed by atoms with Crippen molar-refractivity contribution < 1.29 is 13.6 Å². The number of nitrogens with one attached hydrogen (secondary N) is 1. The summed E-state index contributed by atoms with van der Waals surface area (Å²) >= 11 is 0. The molecule has 1 N–H and O–H groups in total. The van der Waals surface area contributed by atoms with Crippen LogP contribution in [0.1, 0.15) is 12.5 Å². The van der Waals surface area contributed by atoms with Gasteiger partial charge < -0.3 is 15.1 Å². The summed E-state index contributed by atoms with van der Waals surface area (Å²) in [6.45, 7) is 7.04. The number of amides is 1. The van der Waals surface area contributed by atoms with Crippen molar-refractivity contribution in [2.75, 3.05) is 46.3 Å². The summed E-state index contributed by atoms with van der Waals surface area (Å²) in [5.74, 6) is -4.59. The average molecular weight is 325 g/mol. The van der Waals surface area contributed by atoms with Gasteiger partial charge in [0.1, 0.15) is 0 Å². The summed E-state index contributed by atoms with van der Waals surface area (Å²) in [6, 6.07) is 7.20. The number of hydrogen-bond acceptors (Lipinski definition) is 3. The lowest BCUT2D eigenvalue weighted by Gasteiger charge is -2.34. The van der Waals surface area contributed by atoms with Crippen molar-refractivity contribution >= 4 is 5.91 Å². The lowest BCUT2D eigenvalue weighted by Crippen LogP contribution is -2.47. The second kappa shape index (κ2) is 7.84. The number of carbonyl (C=O) groups is 1. The first-order valence-electron chi connectivity index (χ1n) is 8.02. The van der Waals surface area contributed by atoms with E-state index in [1.165, 1.54) is 24.3 Å². The number of rotatable bonds is 6. The predicted molar refractivity (Wildman–Crippen MR) is 86.4 cm³/mol. The number of halogens is 2. The number of carbonyl (C=O) groups excluding carboxylic acids is 1. The molecule has 0 saturated carbocycles. The zero-order valence-electron chi connectivity index (χ0n) is 13.8. The normalized spacial score (nSPS) is 18.6. The van der Waals surface area contributed by atoms with Gasteiger partial charge in [0.25, 0.3) is 5.91 Å². The van der Waals surface area contributed by atoms with Crippen LogP contribution in [-0.2, 0) is 10.7 Å². The third-order valence-electron chi connectivity index (χ3n) is 4.20. The van der Waals surface area contributed by atoms with E-state index in [1.54, 1.807) is 6.07 Å². The van der Waals surface area contributed by atoms with Crippen LogP contribution in [0.25, 0.3) is 0 Å². The van der Waals surface area contributed by atoms with Gasteiger partial charge in [-0.25, -0.2) is 0 Å². The van der Waals surface area contributed by atoms with Crippen LogP contribution >= 0.6 is 0 Å². The summed E-state index contributed by atoms with van der Waals surface area (Å²) in [7, 11) is 2.09. The lowest BCUT2D eigenvalue weighted by atomic mass is 10.1. The van der Waals surface area contributed by atoms with E-state index in [1.807, 2.05) is 6.92 Å². The molecule has 0 radical (unpaired) electrons. The Morgan fingerprint density at radius 2 is 1.83 bits per heavy atom. The minimum Gasteiger partial charge on any atom is -0.350 e. The van der Waals surface area contributed by atoms with Gasteiger partial charge in [-0.3, -0.25) is 4.79 Å². The van der Waals surface area contributed by atoms with Gasteiger partial charge in [-0.2, -0.15) is 8.78 Å². The Morgan fingerprint density at radius 1 is 1.22 bits per heavy atom. The molecule has 0 aliphatic carbocycles. The van der Waals surface area contributed by atoms with Crippen LogP contribution in [0.4, 0.5) is 8.78 Å². The Morgan fingerprint density at radius 3 is 2.43 bits per heavy atom. The highest BCUT2D eigenvalue weighted by atomic mass is 19.3. The van der Waals surface area contributed by atoms with Crippen LogP contribution in [0.2, 0.25) is 0 Å². The van der Waals surface area contributed by atoms with Gasteiger partial charge in [-0.1, -0.05) is 37.3 Å². The van der Waals surface area contributed by atoms with Crippen LogP contribution in [-0.4, -0.2) is 62.0 Å². The number of alkyl halides is 2. The molecule has 1 atom stereocenters. The van der Waals surface area contributed by atoms with E-state index in [-0.39, 0.29) is 18.0 Å². The van der Waals surface area contributed by atoms with Crippen molar-refractivity contribution in [3.05, 3.63) is 35.9 Å². The molecule has 1 saturated heterocycles. The molecule has 1 aromatic carbocycles. The summed E-state index contributed by atoms with van der Waals surface area (Å²) in [5.41, 5.74) is -0.274. The van der Waals surface area contributed by atoms with E-state index in [4.69, 9.17) is 0 Å². The number of likely N-dealkylation sites (N-methyl/N-ethyl adjacent to an activating group) is 1. The van der Waals surface area contributed by atoms with Crippen molar-refractivity contribution in [3.8, 4) is 0 Å². The smallest absolute Gasteiger partial charge is 0.349 e. The average Bonchev–Trinajstić information content (AvgIpc) is 2.55. The van der Waals surface area contributed by atoms with Crippen LogP contribution in [0, 0.1) is 5.92 Å². The largest absolute Gasteiger partial charge is 0.350 e. The Kier molecular flexibility index (Phi) is 6.07. The molecule has 2 rings (SSSR count). The molecule has 1 heterocycles. The molecule has 1 aliphatic heterocycles. The van der Waals surface area contributed by atoms with Gasteiger partial charge in [0.15, 0.2) is 0 Å². The second-order valence-corrected chi connectivity index (χ2v) is 6.36. The molecule has 0 aromatic heterocycles. The standard InChI is InChI=1S/C17H25F2N3O/c1-14(13-22-10-8-21(2)9-11-22)12-20-16(23)17(18,19)15-6-4-3-5-7-15/h3-7,14H,8-13H2,1-2H3,(H,20,23)/t14-/m1/s1. The first-order chi connectivity index (χ1) is 10.9. The SMILES string of the molecule is C[C@H](CNC(=O)C(F)(F)c1ccccc1)CN1CCN(C)CC1. The Bertz CT molecular complexity index is 502. The number of hydrogen-bond donors (Lipinski definition) is 1. The van der Waals surface area contributed by atoms with Gasteiger partial charge in [0.2, 0.25) is 0 Å². The van der Waals surface area contributed by atoms with E-state index >= 15 is 0 Å². The molecule has 4 nitrogen and oxygen atoms in total. The van der Waals surface area contributed by atoms with Crippen molar-refractivity contribution in [2.45, 2.75) is 12.8 Å². The van der Waals surface area contributed by atoms with Gasteiger partial charge in [0, 0.05) is 44.8 Å². The number of nitrogens with zero attached hydrogens (tertiary/aromatic N) is 2. The molecule has 1 aromatic rings. The molecule has 6 heteroatoms. The van der Waals surface area contributed by atoms with Crippen LogP contribution in [0.3, 0.4) is 0 Å². The molecule has 0 unspecified atom stereocenters. The van der Waals surface area contributed by atoms with E-state index in [0.717, 1.165) is 32.7 Å². The van der Waals surface area contributed by atoms with Crippen molar-refractivity contribution in [1.29, 1.82) is 0 Å². The maximum absolute atomic E-state index is 14.1. The van der Waals surface area contributed by atoms with Gasteiger partial charge >= 0.3 is 5.92 Å². The zero-order chi connectivity index (χ0) is 16.9.